The van der Waals surface area contributed by atoms with Crippen LogP contribution < -0.4 is 4.74 Å². The van der Waals surface area contributed by atoms with Crippen molar-refractivity contribution in [3.8, 4) is 17.0 Å². The van der Waals surface area contributed by atoms with Crippen molar-refractivity contribution >= 4 is 29.2 Å². The van der Waals surface area contributed by atoms with E-state index in [1.165, 1.54) is 0 Å². The molecule has 0 aliphatic heterocycles. The highest BCUT2D eigenvalue weighted by atomic mass is 35.5. The fourth-order valence-electron chi connectivity index (χ4n) is 3.24. The smallest absolute Gasteiger partial charge is 0.337 e. The first-order chi connectivity index (χ1) is 14.4. The molecule has 30 heavy (non-hydrogen) atoms. The minimum Gasteiger partial charge on any atom is -0.493 e. The minimum absolute atomic E-state index is 0.190. The van der Waals surface area contributed by atoms with Crippen molar-refractivity contribution in [2.75, 3.05) is 6.61 Å². The topological polar surface area (TPSA) is 59.4 Å². The van der Waals surface area contributed by atoms with E-state index in [0.29, 0.717) is 40.9 Å². The van der Waals surface area contributed by atoms with Gasteiger partial charge in [0.15, 0.2) is 0 Å². The fourth-order valence-corrected chi connectivity index (χ4v) is 3.81. The first kappa shape index (κ1) is 22.1. The molecule has 6 heteroatoms. The van der Waals surface area contributed by atoms with Crippen LogP contribution in [-0.2, 0) is 12.8 Å². The molecule has 0 bridgehead atoms. The van der Waals surface area contributed by atoms with Gasteiger partial charge in [0.2, 0.25) is 0 Å². The highest BCUT2D eigenvalue weighted by molar-refractivity contribution is 6.34. The number of carboxylic acids is 1. The van der Waals surface area contributed by atoms with E-state index in [-0.39, 0.29) is 5.56 Å². The number of rotatable bonds is 8. The molecule has 2 aromatic carbocycles. The predicted molar refractivity (Wildman–Crippen MR) is 121 cm³/mol. The van der Waals surface area contributed by atoms with E-state index in [0.717, 1.165) is 28.9 Å². The maximum atomic E-state index is 11.7. The molecule has 0 aliphatic carbocycles. The SMILES string of the molecule is CCCOc1ccc(C)cc1-c1ccc(C(=O)O)c(CCc2cc(Cl)cc(Cl)c2)n1. The summed E-state index contributed by atoms with van der Waals surface area (Å²) in [6.07, 6.45) is 1.92. The summed E-state index contributed by atoms with van der Waals surface area (Å²) in [6.45, 7) is 4.65. The van der Waals surface area contributed by atoms with Gasteiger partial charge in [-0.25, -0.2) is 4.79 Å². The Morgan fingerprint density at radius 2 is 1.77 bits per heavy atom. The fraction of sp³-hybridized carbons (Fsp3) is 0.250. The van der Waals surface area contributed by atoms with Gasteiger partial charge in [-0.3, -0.25) is 4.98 Å². The molecular formula is C24H23Cl2NO3. The second-order valence-electron chi connectivity index (χ2n) is 7.12. The van der Waals surface area contributed by atoms with Crippen molar-refractivity contribution in [1.82, 2.24) is 4.98 Å². The lowest BCUT2D eigenvalue weighted by atomic mass is 10.0. The number of pyridine rings is 1. The number of carbonyl (C=O) groups is 1. The summed E-state index contributed by atoms with van der Waals surface area (Å²) in [5.74, 6) is -0.259. The average molecular weight is 444 g/mol. The summed E-state index contributed by atoms with van der Waals surface area (Å²) in [5.41, 5.74) is 4.25. The van der Waals surface area contributed by atoms with Crippen molar-refractivity contribution in [3.05, 3.63) is 81.0 Å². The van der Waals surface area contributed by atoms with Crippen LogP contribution >= 0.6 is 23.2 Å². The van der Waals surface area contributed by atoms with E-state index in [1.54, 1.807) is 18.2 Å². The Kier molecular flexibility index (Phi) is 7.35. The van der Waals surface area contributed by atoms with Crippen LogP contribution in [0.5, 0.6) is 5.75 Å². The molecule has 0 saturated heterocycles. The van der Waals surface area contributed by atoms with Gasteiger partial charge in [0.1, 0.15) is 5.75 Å². The summed E-state index contributed by atoms with van der Waals surface area (Å²) in [6, 6.07) is 14.6. The second kappa shape index (κ2) is 9.96. The molecule has 1 N–H and O–H groups in total. The number of benzene rings is 2. The normalized spacial score (nSPS) is 10.8. The number of ether oxygens (including phenoxy) is 1. The first-order valence-corrected chi connectivity index (χ1v) is 10.5. The van der Waals surface area contributed by atoms with Crippen LogP contribution in [0.25, 0.3) is 11.3 Å². The van der Waals surface area contributed by atoms with Crippen LogP contribution in [-0.4, -0.2) is 22.7 Å². The van der Waals surface area contributed by atoms with Crippen molar-refractivity contribution in [1.29, 1.82) is 0 Å². The number of carboxylic acid groups (broad SMARTS) is 1. The highest BCUT2D eigenvalue weighted by Gasteiger charge is 2.16. The summed E-state index contributed by atoms with van der Waals surface area (Å²) in [5, 5.41) is 10.7. The van der Waals surface area contributed by atoms with Crippen LogP contribution in [0.1, 0.15) is 40.5 Å². The molecule has 0 unspecified atom stereocenters. The number of nitrogens with zero attached hydrogens (tertiary/aromatic N) is 1. The lowest BCUT2D eigenvalue weighted by molar-refractivity contribution is 0.0695. The molecule has 0 aliphatic rings. The van der Waals surface area contributed by atoms with Crippen LogP contribution in [0.2, 0.25) is 10.0 Å². The Balaban J connectivity index is 1.97. The second-order valence-corrected chi connectivity index (χ2v) is 7.99. The van der Waals surface area contributed by atoms with E-state index >= 15 is 0 Å². The molecule has 0 radical (unpaired) electrons. The van der Waals surface area contributed by atoms with Crippen molar-refractivity contribution in [2.24, 2.45) is 0 Å². The molecular weight excluding hydrogens is 421 g/mol. The van der Waals surface area contributed by atoms with Gasteiger partial charge in [0, 0.05) is 15.6 Å². The molecule has 0 spiro atoms. The van der Waals surface area contributed by atoms with Crippen LogP contribution in [0, 0.1) is 6.92 Å². The highest BCUT2D eigenvalue weighted by Crippen LogP contribution is 2.31. The number of hydrogen-bond donors (Lipinski definition) is 1. The Morgan fingerprint density at radius 1 is 1.03 bits per heavy atom. The maximum Gasteiger partial charge on any atom is 0.337 e. The average Bonchev–Trinajstić information content (AvgIpc) is 2.70. The van der Waals surface area contributed by atoms with E-state index in [4.69, 9.17) is 32.9 Å². The zero-order valence-electron chi connectivity index (χ0n) is 16.9. The minimum atomic E-state index is -1.00. The Bertz CT molecular complexity index is 1050. The number of halogens is 2. The third-order valence-electron chi connectivity index (χ3n) is 4.65. The lowest BCUT2D eigenvalue weighted by Crippen LogP contribution is -2.08. The summed E-state index contributed by atoms with van der Waals surface area (Å²) < 4.78 is 5.88. The molecule has 156 valence electrons. The van der Waals surface area contributed by atoms with E-state index < -0.39 is 5.97 Å². The molecule has 1 heterocycles. The predicted octanol–water partition coefficient (Wildman–Crippen LogP) is 6.64. The third kappa shape index (κ3) is 5.53. The van der Waals surface area contributed by atoms with E-state index in [1.807, 2.05) is 44.2 Å². The zero-order valence-corrected chi connectivity index (χ0v) is 18.4. The number of hydrogen-bond acceptors (Lipinski definition) is 3. The number of aromatic nitrogens is 1. The van der Waals surface area contributed by atoms with Gasteiger partial charge in [-0.1, -0.05) is 41.8 Å². The molecule has 1 aromatic heterocycles. The molecule has 3 rings (SSSR count). The summed E-state index contributed by atoms with van der Waals surface area (Å²) in [7, 11) is 0. The summed E-state index contributed by atoms with van der Waals surface area (Å²) >= 11 is 12.2. The molecule has 0 saturated carbocycles. The van der Waals surface area contributed by atoms with Gasteiger partial charge < -0.3 is 9.84 Å². The van der Waals surface area contributed by atoms with Crippen LogP contribution in [0.15, 0.2) is 48.5 Å². The van der Waals surface area contributed by atoms with Gasteiger partial charge in [0.05, 0.1) is 23.6 Å². The molecule has 4 nitrogen and oxygen atoms in total. The standard InChI is InChI=1S/C24H23Cl2NO3/c1-3-10-30-23-9-4-15(2)11-20(23)22-8-6-19(24(28)29)21(27-22)7-5-16-12-17(25)14-18(26)13-16/h4,6,8-9,11-14H,3,5,7,10H2,1-2H3,(H,28,29). The molecule has 3 aromatic rings. The van der Waals surface area contributed by atoms with Crippen LogP contribution in [0.4, 0.5) is 0 Å². The molecule has 0 fully saturated rings. The quantitative estimate of drug-likeness (QED) is 0.423. The largest absolute Gasteiger partial charge is 0.493 e. The molecule has 0 amide bonds. The van der Waals surface area contributed by atoms with Crippen molar-refractivity contribution in [2.45, 2.75) is 33.1 Å². The van der Waals surface area contributed by atoms with Gasteiger partial charge in [-0.15, -0.1) is 0 Å². The Morgan fingerprint density at radius 3 is 2.43 bits per heavy atom. The van der Waals surface area contributed by atoms with Gasteiger partial charge >= 0.3 is 5.97 Å². The lowest BCUT2D eigenvalue weighted by Gasteiger charge is -2.14. The van der Waals surface area contributed by atoms with Crippen molar-refractivity contribution in [3.63, 3.8) is 0 Å². The Hall–Kier alpha value is -2.56. The zero-order chi connectivity index (χ0) is 21.7. The van der Waals surface area contributed by atoms with E-state index in [2.05, 4.69) is 0 Å². The van der Waals surface area contributed by atoms with Crippen molar-refractivity contribution < 1.29 is 14.6 Å². The van der Waals surface area contributed by atoms with Gasteiger partial charge in [-0.05, 0) is 74.2 Å². The van der Waals surface area contributed by atoms with Gasteiger partial charge in [-0.2, -0.15) is 0 Å². The molecule has 0 atom stereocenters. The van der Waals surface area contributed by atoms with E-state index in [9.17, 15) is 9.90 Å². The van der Waals surface area contributed by atoms with Crippen LogP contribution in [0.3, 0.4) is 0 Å². The summed E-state index contributed by atoms with van der Waals surface area (Å²) in [4.78, 5) is 16.5. The first-order valence-electron chi connectivity index (χ1n) is 9.79. The third-order valence-corrected chi connectivity index (χ3v) is 5.09. The Labute approximate surface area is 186 Å². The van der Waals surface area contributed by atoms with Gasteiger partial charge in [0.25, 0.3) is 0 Å². The number of aromatic carboxylic acids is 1. The monoisotopic (exact) mass is 443 g/mol. The maximum absolute atomic E-state index is 11.7. The number of aryl methyl sites for hydroxylation is 3.